The number of ether oxygens (including phenoxy) is 2. The van der Waals surface area contributed by atoms with Crippen LogP contribution in [0.15, 0.2) is 42.5 Å². The zero-order valence-corrected chi connectivity index (χ0v) is 20.8. The van der Waals surface area contributed by atoms with Gasteiger partial charge >= 0.3 is 5.97 Å². The molecule has 0 saturated carbocycles. The summed E-state index contributed by atoms with van der Waals surface area (Å²) in [5, 5.41) is 3.23. The van der Waals surface area contributed by atoms with Crippen LogP contribution in [-0.2, 0) is 25.5 Å². The van der Waals surface area contributed by atoms with E-state index < -0.39 is 29.6 Å². The third kappa shape index (κ3) is 6.39. The highest BCUT2D eigenvalue weighted by molar-refractivity contribution is 6.30. The number of carbonyl (C=O) groups is 4. The number of hydrogen-bond acceptors (Lipinski definition) is 6. The fourth-order valence-electron chi connectivity index (χ4n) is 4.22. The fraction of sp³-hybridized carbons (Fsp3) is 0.385. The second kappa shape index (κ2) is 11.8. The second-order valence-corrected chi connectivity index (χ2v) is 8.84. The normalized spacial score (nSPS) is 16.8. The molecule has 8 nitrogen and oxygen atoms in total. The van der Waals surface area contributed by atoms with E-state index in [-0.39, 0.29) is 31.8 Å². The molecule has 1 aliphatic heterocycles. The van der Waals surface area contributed by atoms with Gasteiger partial charge in [-0.3, -0.25) is 19.3 Å². The third-order valence-corrected chi connectivity index (χ3v) is 6.40. The number of rotatable bonds is 8. The number of benzene rings is 2. The lowest BCUT2D eigenvalue weighted by Crippen LogP contribution is -2.43. The summed E-state index contributed by atoms with van der Waals surface area (Å²) in [5.41, 5.74) is 1.89. The van der Waals surface area contributed by atoms with E-state index in [1.807, 2.05) is 13.0 Å². The lowest BCUT2D eigenvalue weighted by Gasteiger charge is -2.24. The van der Waals surface area contributed by atoms with Gasteiger partial charge in [0, 0.05) is 18.0 Å². The highest BCUT2D eigenvalue weighted by Crippen LogP contribution is 2.28. The van der Waals surface area contributed by atoms with Crippen LogP contribution >= 0.6 is 11.6 Å². The summed E-state index contributed by atoms with van der Waals surface area (Å²) in [4.78, 5) is 52.0. The smallest absolute Gasteiger partial charge is 0.337 e. The SMILES string of the molecule is CC[C@@H](CC(=O)N1CC(=O)NC[C@@H](Cc2cc(Cl)ccc2OC)C1=O)c1cccc(C(=O)OC)c1. The molecule has 0 radical (unpaired) electrons. The average molecular weight is 501 g/mol. The number of hydrogen-bond donors (Lipinski definition) is 1. The molecule has 2 aromatic rings. The molecule has 1 saturated heterocycles. The van der Waals surface area contributed by atoms with Crippen molar-refractivity contribution in [1.29, 1.82) is 0 Å². The molecule has 35 heavy (non-hydrogen) atoms. The zero-order valence-electron chi connectivity index (χ0n) is 20.0. The Morgan fingerprint density at radius 2 is 1.94 bits per heavy atom. The standard InChI is InChI=1S/C26H29ClN2O6/c1-4-16(17-6-5-7-18(10-17)26(33)35-3)13-24(31)29-15-23(30)28-14-20(25(29)32)11-19-12-21(27)8-9-22(19)34-2/h5-10,12,16,20H,4,11,13-15H2,1-3H3,(H,28,30)/t16-,20+/m0/s1. The summed E-state index contributed by atoms with van der Waals surface area (Å²) in [6, 6.07) is 12.0. The molecule has 2 aromatic carbocycles. The van der Waals surface area contributed by atoms with Crippen molar-refractivity contribution in [1.82, 2.24) is 10.2 Å². The fourth-order valence-corrected chi connectivity index (χ4v) is 4.42. The Kier molecular flexibility index (Phi) is 8.87. The molecular formula is C26H29ClN2O6. The quantitative estimate of drug-likeness (QED) is 0.558. The summed E-state index contributed by atoms with van der Waals surface area (Å²) in [6.07, 6.45) is 0.881. The van der Waals surface area contributed by atoms with Crippen LogP contribution in [-0.4, -0.2) is 55.9 Å². The summed E-state index contributed by atoms with van der Waals surface area (Å²) in [7, 11) is 2.83. The van der Waals surface area contributed by atoms with Crippen LogP contribution in [0.2, 0.25) is 5.02 Å². The van der Waals surface area contributed by atoms with Crippen LogP contribution in [0.5, 0.6) is 5.75 Å². The summed E-state index contributed by atoms with van der Waals surface area (Å²) in [5.74, 6) is -2.04. The molecule has 0 aromatic heterocycles. The van der Waals surface area contributed by atoms with E-state index >= 15 is 0 Å². The van der Waals surface area contributed by atoms with Crippen LogP contribution in [0.4, 0.5) is 0 Å². The number of carbonyl (C=O) groups excluding carboxylic acids is 4. The van der Waals surface area contributed by atoms with Crippen molar-refractivity contribution in [2.75, 3.05) is 27.3 Å². The molecule has 1 aliphatic rings. The summed E-state index contributed by atoms with van der Waals surface area (Å²) in [6.45, 7) is 1.70. The minimum Gasteiger partial charge on any atom is -0.496 e. The van der Waals surface area contributed by atoms with Crippen LogP contribution in [0.3, 0.4) is 0 Å². The van der Waals surface area contributed by atoms with Gasteiger partial charge in [0.05, 0.1) is 25.7 Å². The lowest BCUT2D eigenvalue weighted by atomic mass is 9.91. The summed E-state index contributed by atoms with van der Waals surface area (Å²) >= 11 is 6.13. The predicted molar refractivity (Wildman–Crippen MR) is 130 cm³/mol. The van der Waals surface area contributed by atoms with E-state index in [1.165, 1.54) is 14.2 Å². The van der Waals surface area contributed by atoms with Gasteiger partial charge in [-0.2, -0.15) is 0 Å². The maximum atomic E-state index is 13.4. The molecule has 3 rings (SSSR count). The van der Waals surface area contributed by atoms with E-state index in [0.717, 1.165) is 10.5 Å². The van der Waals surface area contributed by atoms with Crippen molar-refractivity contribution < 1.29 is 28.7 Å². The molecule has 1 N–H and O–H groups in total. The van der Waals surface area contributed by atoms with Gasteiger partial charge in [0.25, 0.3) is 0 Å². The highest BCUT2D eigenvalue weighted by Gasteiger charge is 2.35. The Morgan fingerprint density at radius 1 is 1.17 bits per heavy atom. The Balaban J connectivity index is 1.81. The number of methoxy groups -OCH3 is 2. The van der Waals surface area contributed by atoms with Crippen LogP contribution in [0, 0.1) is 5.92 Å². The number of amides is 3. The first-order valence-electron chi connectivity index (χ1n) is 11.4. The van der Waals surface area contributed by atoms with Crippen molar-refractivity contribution in [3.8, 4) is 5.75 Å². The van der Waals surface area contributed by atoms with Crippen LogP contribution < -0.4 is 10.1 Å². The van der Waals surface area contributed by atoms with Crippen molar-refractivity contribution in [3.63, 3.8) is 0 Å². The Hall–Kier alpha value is -3.39. The minimum absolute atomic E-state index is 0.0212. The number of imide groups is 1. The van der Waals surface area contributed by atoms with E-state index in [0.29, 0.717) is 28.3 Å². The van der Waals surface area contributed by atoms with Gasteiger partial charge in [-0.15, -0.1) is 0 Å². The first-order chi connectivity index (χ1) is 16.8. The predicted octanol–water partition coefficient (Wildman–Crippen LogP) is 3.36. The topological polar surface area (TPSA) is 102 Å². The first kappa shape index (κ1) is 26.2. The maximum absolute atomic E-state index is 13.4. The minimum atomic E-state index is -0.652. The molecule has 9 heteroatoms. The Morgan fingerprint density at radius 3 is 2.63 bits per heavy atom. The van der Waals surface area contributed by atoms with Gasteiger partial charge in [0.1, 0.15) is 12.3 Å². The van der Waals surface area contributed by atoms with Crippen molar-refractivity contribution in [2.45, 2.75) is 32.1 Å². The zero-order chi connectivity index (χ0) is 25.5. The molecule has 0 spiro atoms. The van der Waals surface area contributed by atoms with Crippen LogP contribution in [0.25, 0.3) is 0 Å². The Bertz CT molecular complexity index is 1120. The first-order valence-corrected chi connectivity index (χ1v) is 11.8. The number of nitrogens with one attached hydrogen (secondary N) is 1. The van der Waals surface area contributed by atoms with Crippen molar-refractivity contribution >= 4 is 35.3 Å². The molecule has 3 amide bonds. The van der Waals surface area contributed by atoms with Crippen molar-refractivity contribution in [3.05, 3.63) is 64.2 Å². The molecule has 1 fully saturated rings. The second-order valence-electron chi connectivity index (χ2n) is 8.41. The summed E-state index contributed by atoms with van der Waals surface area (Å²) < 4.78 is 10.2. The van der Waals surface area contributed by atoms with Gasteiger partial charge in [0.15, 0.2) is 0 Å². The molecule has 186 valence electrons. The van der Waals surface area contributed by atoms with Gasteiger partial charge < -0.3 is 14.8 Å². The van der Waals surface area contributed by atoms with E-state index in [4.69, 9.17) is 21.1 Å². The maximum Gasteiger partial charge on any atom is 0.337 e. The molecule has 0 unspecified atom stereocenters. The third-order valence-electron chi connectivity index (χ3n) is 6.17. The van der Waals surface area contributed by atoms with E-state index in [1.54, 1.807) is 36.4 Å². The molecule has 0 bridgehead atoms. The van der Waals surface area contributed by atoms with Gasteiger partial charge in [-0.1, -0.05) is 30.7 Å². The highest BCUT2D eigenvalue weighted by atomic mass is 35.5. The molecule has 1 heterocycles. The lowest BCUT2D eigenvalue weighted by molar-refractivity contribution is -0.148. The molecule has 0 aliphatic carbocycles. The van der Waals surface area contributed by atoms with Gasteiger partial charge in [-0.25, -0.2) is 4.79 Å². The molecular weight excluding hydrogens is 472 g/mol. The van der Waals surface area contributed by atoms with Gasteiger partial charge in [-0.05, 0) is 60.2 Å². The number of nitrogens with zero attached hydrogens (tertiary/aromatic N) is 1. The van der Waals surface area contributed by atoms with Crippen LogP contribution in [0.1, 0.15) is 47.2 Å². The number of halogens is 1. The van der Waals surface area contributed by atoms with E-state index in [9.17, 15) is 19.2 Å². The largest absolute Gasteiger partial charge is 0.496 e. The van der Waals surface area contributed by atoms with E-state index in [2.05, 4.69) is 5.32 Å². The monoisotopic (exact) mass is 500 g/mol. The number of esters is 1. The molecule has 2 atom stereocenters. The average Bonchev–Trinajstić information content (AvgIpc) is 3.00. The van der Waals surface area contributed by atoms with Crippen molar-refractivity contribution in [2.24, 2.45) is 5.92 Å². The van der Waals surface area contributed by atoms with Gasteiger partial charge in [0.2, 0.25) is 17.7 Å². The Labute approximate surface area is 209 Å².